The standard InChI is InChI=1S/C25H34FNO/c1-3-20-12-14-21(15-13-20)16-19(2)27-17-22-8-5-7-11-25(22)28-18-23-9-4-6-10-24(23)26/h4-11,19-21,27H,3,12-18H2,1-2H3. The highest BCUT2D eigenvalue weighted by atomic mass is 19.1. The molecule has 0 bridgehead atoms. The minimum atomic E-state index is -0.218. The van der Waals surface area contributed by atoms with E-state index in [1.54, 1.807) is 12.1 Å². The molecule has 1 atom stereocenters. The Morgan fingerprint density at radius 1 is 0.964 bits per heavy atom. The maximum Gasteiger partial charge on any atom is 0.129 e. The highest BCUT2D eigenvalue weighted by molar-refractivity contribution is 5.33. The zero-order valence-corrected chi connectivity index (χ0v) is 17.3. The fourth-order valence-corrected chi connectivity index (χ4v) is 4.30. The van der Waals surface area contributed by atoms with Crippen LogP contribution >= 0.6 is 0 Å². The molecule has 2 aromatic carbocycles. The molecule has 152 valence electrons. The van der Waals surface area contributed by atoms with Crippen LogP contribution in [0.5, 0.6) is 5.75 Å². The summed E-state index contributed by atoms with van der Waals surface area (Å²) in [6.45, 7) is 5.63. The number of hydrogen-bond donors (Lipinski definition) is 1. The van der Waals surface area contributed by atoms with Crippen molar-refractivity contribution < 1.29 is 9.13 Å². The number of para-hydroxylation sites is 1. The minimum absolute atomic E-state index is 0.218. The molecule has 1 aliphatic rings. The summed E-state index contributed by atoms with van der Waals surface area (Å²) in [6, 6.07) is 15.3. The van der Waals surface area contributed by atoms with Gasteiger partial charge in [-0.05, 0) is 37.3 Å². The number of rotatable bonds is 9. The molecule has 0 saturated heterocycles. The van der Waals surface area contributed by atoms with Crippen LogP contribution in [0.3, 0.4) is 0 Å². The molecule has 0 aliphatic heterocycles. The van der Waals surface area contributed by atoms with Gasteiger partial charge in [0.05, 0.1) is 0 Å². The first-order valence-electron chi connectivity index (χ1n) is 10.8. The first-order valence-corrected chi connectivity index (χ1v) is 10.8. The van der Waals surface area contributed by atoms with Crippen LogP contribution in [0.1, 0.15) is 63.5 Å². The van der Waals surface area contributed by atoms with E-state index in [0.717, 1.165) is 29.7 Å². The van der Waals surface area contributed by atoms with Gasteiger partial charge in [0.1, 0.15) is 18.2 Å². The Labute approximate surface area is 169 Å². The molecule has 3 heteroatoms. The molecule has 1 unspecified atom stereocenters. The van der Waals surface area contributed by atoms with Gasteiger partial charge in [-0.15, -0.1) is 0 Å². The topological polar surface area (TPSA) is 21.3 Å². The summed E-state index contributed by atoms with van der Waals surface area (Å²) in [5, 5.41) is 3.67. The molecule has 28 heavy (non-hydrogen) atoms. The molecule has 0 radical (unpaired) electrons. The molecule has 1 fully saturated rings. The summed E-state index contributed by atoms with van der Waals surface area (Å²) in [4.78, 5) is 0. The van der Waals surface area contributed by atoms with Crippen molar-refractivity contribution in [2.45, 2.75) is 71.6 Å². The summed E-state index contributed by atoms with van der Waals surface area (Å²) < 4.78 is 19.8. The van der Waals surface area contributed by atoms with Crippen LogP contribution in [0.25, 0.3) is 0 Å². The van der Waals surface area contributed by atoms with E-state index >= 15 is 0 Å². The van der Waals surface area contributed by atoms with Gasteiger partial charge in [0.25, 0.3) is 0 Å². The summed E-state index contributed by atoms with van der Waals surface area (Å²) in [5.41, 5.74) is 1.71. The smallest absolute Gasteiger partial charge is 0.129 e. The molecular formula is C25H34FNO. The quantitative estimate of drug-likeness (QED) is 0.534. The third-order valence-corrected chi connectivity index (χ3v) is 6.19. The van der Waals surface area contributed by atoms with Crippen LogP contribution in [0, 0.1) is 17.7 Å². The van der Waals surface area contributed by atoms with Crippen molar-refractivity contribution in [1.29, 1.82) is 0 Å². The van der Waals surface area contributed by atoms with E-state index in [1.807, 2.05) is 24.3 Å². The van der Waals surface area contributed by atoms with Gasteiger partial charge in [-0.3, -0.25) is 0 Å². The highest BCUT2D eigenvalue weighted by Crippen LogP contribution is 2.33. The second-order valence-corrected chi connectivity index (χ2v) is 8.30. The Morgan fingerprint density at radius 3 is 2.32 bits per heavy atom. The van der Waals surface area contributed by atoms with Crippen molar-refractivity contribution in [2.24, 2.45) is 11.8 Å². The van der Waals surface area contributed by atoms with E-state index in [1.165, 1.54) is 44.6 Å². The van der Waals surface area contributed by atoms with Gasteiger partial charge in [-0.1, -0.05) is 75.4 Å². The Hall–Kier alpha value is -1.87. The zero-order valence-electron chi connectivity index (χ0n) is 17.3. The maximum absolute atomic E-state index is 13.8. The van der Waals surface area contributed by atoms with Gasteiger partial charge in [-0.2, -0.15) is 0 Å². The first kappa shape index (κ1) is 20.9. The van der Waals surface area contributed by atoms with Crippen LogP contribution in [0.2, 0.25) is 0 Å². The summed E-state index contributed by atoms with van der Waals surface area (Å²) >= 11 is 0. The molecule has 0 amide bonds. The molecule has 2 nitrogen and oxygen atoms in total. The molecule has 2 aromatic rings. The normalized spacial score (nSPS) is 20.7. The molecular weight excluding hydrogens is 349 g/mol. The molecule has 1 aliphatic carbocycles. The average Bonchev–Trinajstić information content (AvgIpc) is 2.73. The third kappa shape index (κ3) is 6.07. The van der Waals surface area contributed by atoms with Gasteiger partial charge in [0, 0.05) is 23.7 Å². The molecule has 1 saturated carbocycles. The lowest BCUT2D eigenvalue weighted by atomic mass is 9.78. The molecule has 0 aromatic heterocycles. The van der Waals surface area contributed by atoms with Crippen LogP contribution in [0.4, 0.5) is 4.39 Å². The fraction of sp³-hybridized carbons (Fsp3) is 0.520. The maximum atomic E-state index is 13.8. The molecule has 0 heterocycles. The van der Waals surface area contributed by atoms with E-state index in [0.29, 0.717) is 11.6 Å². The average molecular weight is 384 g/mol. The van der Waals surface area contributed by atoms with Crippen LogP contribution in [-0.4, -0.2) is 6.04 Å². The molecule has 1 N–H and O–H groups in total. The molecule has 0 spiro atoms. The van der Waals surface area contributed by atoms with Crippen molar-refractivity contribution in [3.8, 4) is 5.75 Å². The zero-order chi connectivity index (χ0) is 19.8. The lowest BCUT2D eigenvalue weighted by molar-refractivity contribution is 0.241. The highest BCUT2D eigenvalue weighted by Gasteiger charge is 2.21. The Bertz CT molecular complexity index is 724. The van der Waals surface area contributed by atoms with E-state index in [2.05, 4.69) is 25.2 Å². The van der Waals surface area contributed by atoms with Gasteiger partial charge in [-0.25, -0.2) is 4.39 Å². The molecule has 3 rings (SSSR count). The van der Waals surface area contributed by atoms with Crippen molar-refractivity contribution in [1.82, 2.24) is 5.32 Å². The second kappa shape index (κ2) is 10.6. The van der Waals surface area contributed by atoms with E-state index in [4.69, 9.17) is 4.74 Å². The summed E-state index contributed by atoms with van der Waals surface area (Å²) in [6.07, 6.45) is 8.15. The van der Waals surface area contributed by atoms with Crippen LogP contribution < -0.4 is 10.1 Å². The van der Waals surface area contributed by atoms with E-state index < -0.39 is 0 Å². The number of benzene rings is 2. The lowest BCUT2D eigenvalue weighted by Crippen LogP contribution is -2.29. The van der Waals surface area contributed by atoms with Crippen LogP contribution in [0.15, 0.2) is 48.5 Å². The van der Waals surface area contributed by atoms with Gasteiger partial charge < -0.3 is 10.1 Å². The van der Waals surface area contributed by atoms with Gasteiger partial charge in [0.15, 0.2) is 0 Å². The summed E-state index contributed by atoms with van der Waals surface area (Å²) in [5.74, 6) is 2.43. The number of nitrogens with one attached hydrogen (secondary N) is 1. The number of ether oxygens (including phenoxy) is 1. The monoisotopic (exact) mass is 383 g/mol. The van der Waals surface area contributed by atoms with E-state index in [9.17, 15) is 4.39 Å². The van der Waals surface area contributed by atoms with E-state index in [-0.39, 0.29) is 12.4 Å². The first-order chi connectivity index (χ1) is 13.7. The van der Waals surface area contributed by atoms with Gasteiger partial charge in [0.2, 0.25) is 0 Å². The number of halogens is 1. The van der Waals surface area contributed by atoms with Gasteiger partial charge >= 0.3 is 0 Å². The second-order valence-electron chi connectivity index (χ2n) is 8.30. The Morgan fingerprint density at radius 2 is 1.61 bits per heavy atom. The lowest BCUT2D eigenvalue weighted by Gasteiger charge is -2.30. The van der Waals surface area contributed by atoms with Crippen molar-refractivity contribution in [3.05, 3.63) is 65.5 Å². The predicted octanol–water partition coefficient (Wildman–Crippen LogP) is 6.49. The fourth-order valence-electron chi connectivity index (χ4n) is 4.30. The SMILES string of the molecule is CCC1CCC(CC(C)NCc2ccccc2OCc2ccccc2F)CC1. The Balaban J connectivity index is 1.48. The van der Waals surface area contributed by atoms with Crippen molar-refractivity contribution in [3.63, 3.8) is 0 Å². The van der Waals surface area contributed by atoms with Crippen molar-refractivity contribution >= 4 is 0 Å². The Kier molecular flexibility index (Phi) is 7.90. The largest absolute Gasteiger partial charge is 0.488 e. The summed E-state index contributed by atoms with van der Waals surface area (Å²) in [7, 11) is 0. The number of hydrogen-bond acceptors (Lipinski definition) is 2. The minimum Gasteiger partial charge on any atom is -0.488 e. The predicted molar refractivity (Wildman–Crippen MR) is 114 cm³/mol. The van der Waals surface area contributed by atoms with Crippen molar-refractivity contribution in [2.75, 3.05) is 0 Å². The van der Waals surface area contributed by atoms with Crippen LogP contribution in [-0.2, 0) is 13.2 Å². The third-order valence-electron chi connectivity index (χ3n) is 6.19.